The molecular formula is C16H20N4O. The molecule has 1 atom stereocenters. The minimum atomic E-state index is -0.161. The van der Waals surface area contributed by atoms with Crippen LogP contribution < -0.4 is 5.32 Å². The first-order valence-corrected chi connectivity index (χ1v) is 7.21. The van der Waals surface area contributed by atoms with Gasteiger partial charge in [0.25, 0.3) is 5.91 Å². The topological polar surface area (TPSA) is 50.2 Å². The largest absolute Gasteiger partial charge is 0.361 e. The van der Waals surface area contributed by atoms with Crippen LogP contribution in [0.15, 0.2) is 24.3 Å². The second-order valence-corrected chi connectivity index (χ2v) is 5.39. The summed E-state index contributed by atoms with van der Waals surface area (Å²) in [4.78, 5) is 14.6. The highest BCUT2D eigenvalue weighted by molar-refractivity contribution is 6.01. The van der Waals surface area contributed by atoms with Crippen molar-refractivity contribution in [1.29, 1.82) is 0 Å². The smallest absolute Gasteiger partial charge is 0.257 e. The highest BCUT2D eigenvalue weighted by Crippen LogP contribution is 2.35. The lowest BCUT2D eigenvalue weighted by molar-refractivity contribution is 0.0694. The van der Waals surface area contributed by atoms with Gasteiger partial charge in [0.2, 0.25) is 0 Å². The molecule has 2 aromatic rings. The van der Waals surface area contributed by atoms with E-state index in [1.165, 1.54) is 0 Å². The third-order valence-electron chi connectivity index (χ3n) is 4.20. The number of rotatable bonds is 2. The van der Waals surface area contributed by atoms with Crippen LogP contribution in [0.25, 0.3) is 0 Å². The fraction of sp³-hybridized carbons (Fsp3) is 0.375. The normalized spacial score (nSPS) is 17.6. The van der Waals surface area contributed by atoms with Crippen molar-refractivity contribution in [3.05, 3.63) is 46.8 Å². The van der Waals surface area contributed by atoms with Crippen LogP contribution in [0.1, 0.15) is 40.4 Å². The Morgan fingerprint density at radius 1 is 1.29 bits per heavy atom. The van der Waals surface area contributed by atoms with Gasteiger partial charge in [-0.1, -0.05) is 12.1 Å². The molecule has 21 heavy (non-hydrogen) atoms. The number of carbonyl (C=O) groups excluding carboxylic acids is 1. The quantitative estimate of drug-likeness (QED) is 0.922. The zero-order valence-electron chi connectivity index (χ0n) is 12.8. The van der Waals surface area contributed by atoms with E-state index in [0.29, 0.717) is 6.54 Å². The molecule has 1 N–H and O–H groups in total. The van der Waals surface area contributed by atoms with Gasteiger partial charge in [-0.15, -0.1) is 0 Å². The number of para-hydroxylation sites is 1. The van der Waals surface area contributed by atoms with E-state index < -0.39 is 0 Å². The van der Waals surface area contributed by atoms with Gasteiger partial charge < -0.3 is 10.2 Å². The van der Waals surface area contributed by atoms with Gasteiger partial charge in [-0.25, -0.2) is 0 Å². The van der Waals surface area contributed by atoms with E-state index in [2.05, 4.69) is 10.4 Å². The van der Waals surface area contributed by atoms with Crippen LogP contribution in [-0.4, -0.2) is 27.1 Å². The molecule has 1 amide bonds. The number of aryl methyl sites for hydroxylation is 2. The molecule has 3 rings (SSSR count). The molecule has 1 unspecified atom stereocenters. The molecule has 0 radical (unpaired) electrons. The van der Waals surface area contributed by atoms with Crippen molar-refractivity contribution >= 4 is 11.6 Å². The Labute approximate surface area is 124 Å². The van der Waals surface area contributed by atoms with Gasteiger partial charge in [0, 0.05) is 30.5 Å². The zero-order valence-corrected chi connectivity index (χ0v) is 12.8. The first-order chi connectivity index (χ1) is 10.0. The third kappa shape index (κ3) is 2.00. The van der Waals surface area contributed by atoms with Crippen molar-refractivity contribution < 1.29 is 4.79 Å². The van der Waals surface area contributed by atoms with Crippen LogP contribution in [0.3, 0.4) is 0 Å². The van der Waals surface area contributed by atoms with Crippen molar-refractivity contribution in [1.82, 2.24) is 14.7 Å². The van der Waals surface area contributed by atoms with E-state index in [4.69, 9.17) is 0 Å². The number of carbonyl (C=O) groups is 1. The van der Waals surface area contributed by atoms with E-state index in [1.54, 1.807) is 0 Å². The van der Waals surface area contributed by atoms with Gasteiger partial charge in [-0.3, -0.25) is 9.48 Å². The number of benzene rings is 1. The Balaban J connectivity index is 2.13. The second-order valence-electron chi connectivity index (χ2n) is 5.39. The summed E-state index contributed by atoms with van der Waals surface area (Å²) in [6.07, 6.45) is -0.161. The summed E-state index contributed by atoms with van der Waals surface area (Å²) < 4.78 is 1.87. The summed E-state index contributed by atoms with van der Waals surface area (Å²) in [5.41, 5.74) is 4.74. The van der Waals surface area contributed by atoms with Gasteiger partial charge in [-0.2, -0.15) is 5.10 Å². The number of hydrogen-bond acceptors (Lipinski definition) is 3. The highest BCUT2D eigenvalue weighted by atomic mass is 16.2. The molecule has 5 heteroatoms. The van der Waals surface area contributed by atoms with Crippen LogP contribution in [-0.2, 0) is 7.05 Å². The van der Waals surface area contributed by atoms with Crippen molar-refractivity contribution in [2.45, 2.75) is 26.9 Å². The highest BCUT2D eigenvalue weighted by Gasteiger charge is 2.34. The molecular weight excluding hydrogens is 264 g/mol. The number of fused-ring (bicyclic) bond motifs is 1. The number of amides is 1. The Morgan fingerprint density at radius 2 is 2.00 bits per heavy atom. The van der Waals surface area contributed by atoms with E-state index in [1.807, 2.05) is 61.7 Å². The van der Waals surface area contributed by atoms with Crippen LogP contribution in [0, 0.1) is 13.8 Å². The minimum absolute atomic E-state index is 0.0690. The molecule has 0 spiro atoms. The van der Waals surface area contributed by atoms with Crippen molar-refractivity contribution in [3.8, 4) is 0 Å². The molecule has 110 valence electrons. The predicted molar refractivity (Wildman–Crippen MR) is 82.2 cm³/mol. The monoisotopic (exact) mass is 284 g/mol. The first kappa shape index (κ1) is 13.7. The summed E-state index contributed by atoms with van der Waals surface area (Å²) in [6, 6.07) is 7.66. The Kier molecular flexibility index (Phi) is 3.20. The lowest BCUT2D eigenvalue weighted by Gasteiger charge is -2.37. The fourth-order valence-electron chi connectivity index (χ4n) is 3.03. The third-order valence-corrected chi connectivity index (χ3v) is 4.20. The summed E-state index contributed by atoms with van der Waals surface area (Å²) in [5.74, 6) is 0.0690. The maximum atomic E-state index is 12.7. The van der Waals surface area contributed by atoms with E-state index in [9.17, 15) is 4.79 Å². The maximum absolute atomic E-state index is 12.7. The Bertz CT molecular complexity index is 704. The Morgan fingerprint density at radius 3 is 2.62 bits per heavy atom. The maximum Gasteiger partial charge on any atom is 0.257 e. The molecule has 0 fully saturated rings. The van der Waals surface area contributed by atoms with Crippen LogP contribution in [0.4, 0.5) is 5.69 Å². The molecule has 1 aromatic carbocycles. The van der Waals surface area contributed by atoms with Gasteiger partial charge >= 0.3 is 0 Å². The van der Waals surface area contributed by atoms with Gasteiger partial charge in [-0.05, 0) is 32.9 Å². The van der Waals surface area contributed by atoms with Crippen molar-refractivity contribution in [2.75, 3.05) is 11.9 Å². The summed E-state index contributed by atoms with van der Waals surface area (Å²) in [7, 11) is 1.93. The lowest BCUT2D eigenvalue weighted by atomic mass is 10.0. The van der Waals surface area contributed by atoms with E-state index in [0.717, 1.165) is 28.2 Å². The average Bonchev–Trinajstić information content (AvgIpc) is 2.72. The zero-order chi connectivity index (χ0) is 15.1. The van der Waals surface area contributed by atoms with E-state index in [-0.39, 0.29) is 12.1 Å². The predicted octanol–water partition coefficient (Wildman–Crippen LogP) is 2.62. The van der Waals surface area contributed by atoms with Crippen LogP contribution >= 0.6 is 0 Å². The molecule has 1 aromatic heterocycles. The number of aromatic nitrogens is 2. The molecule has 0 bridgehead atoms. The summed E-state index contributed by atoms with van der Waals surface area (Å²) >= 11 is 0. The molecule has 5 nitrogen and oxygen atoms in total. The lowest BCUT2D eigenvalue weighted by Crippen LogP contribution is -2.43. The van der Waals surface area contributed by atoms with Gasteiger partial charge in [0.05, 0.1) is 11.3 Å². The van der Waals surface area contributed by atoms with Crippen molar-refractivity contribution in [3.63, 3.8) is 0 Å². The second kappa shape index (κ2) is 4.91. The Hall–Kier alpha value is -2.30. The van der Waals surface area contributed by atoms with Gasteiger partial charge in [0.1, 0.15) is 6.17 Å². The first-order valence-electron chi connectivity index (χ1n) is 7.21. The van der Waals surface area contributed by atoms with Crippen molar-refractivity contribution in [2.24, 2.45) is 7.05 Å². The molecule has 0 saturated carbocycles. The molecule has 0 saturated heterocycles. The number of hydrogen-bond donors (Lipinski definition) is 1. The minimum Gasteiger partial charge on any atom is -0.361 e. The number of nitrogens with one attached hydrogen (secondary N) is 1. The molecule has 2 heterocycles. The van der Waals surface area contributed by atoms with Gasteiger partial charge in [0.15, 0.2) is 0 Å². The summed E-state index contributed by atoms with van der Waals surface area (Å²) in [6.45, 7) is 6.68. The number of anilines is 1. The molecule has 1 aliphatic heterocycles. The van der Waals surface area contributed by atoms with E-state index >= 15 is 0 Å². The molecule has 1 aliphatic rings. The number of nitrogens with zero attached hydrogens (tertiary/aromatic N) is 3. The molecule has 0 aliphatic carbocycles. The summed E-state index contributed by atoms with van der Waals surface area (Å²) in [5, 5.41) is 7.97. The SMILES string of the molecule is CCN1C(=O)c2ccccc2NC1c1c(C)nn(C)c1C. The van der Waals surface area contributed by atoms with Crippen LogP contribution in [0.5, 0.6) is 0 Å². The average molecular weight is 284 g/mol. The van der Waals surface area contributed by atoms with Crippen LogP contribution in [0.2, 0.25) is 0 Å². The fourth-order valence-corrected chi connectivity index (χ4v) is 3.03. The standard InChI is InChI=1S/C16H20N4O/c1-5-20-15(14-10(2)18-19(4)11(14)3)17-13-9-7-6-8-12(13)16(20)21/h6-9,15,17H,5H2,1-4H3.